The van der Waals surface area contributed by atoms with Crippen molar-refractivity contribution in [2.75, 3.05) is 24.6 Å². The Morgan fingerprint density at radius 3 is 2.58 bits per heavy atom. The van der Waals surface area contributed by atoms with E-state index >= 15 is 0 Å². The van der Waals surface area contributed by atoms with Crippen molar-refractivity contribution in [1.82, 2.24) is 44.8 Å². The van der Waals surface area contributed by atoms with Crippen LogP contribution in [0.5, 0.6) is 0 Å². The number of anilines is 1. The van der Waals surface area contributed by atoms with Gasteiger partial charge < -0.3 is 9.64 Å². The molecular formula is C34H38N10O. The van der Waals surface area contributed by atoms with Crippen LogP contribution in [0, 0.1) is 13.8 Å². The zero-order valence-electron chi connectivity index (χ0n) is 25.8. The highest BCUT2D eigenvalue weighted by Crippen LogP contribution is 2.36. The summed E-state index contributed by atoms with van der Waals surface area (Å²) in [6, 6.07) is 15.7. The first-order valence-corrected chi connectivity index (χ1v) is 16.0. The minimum Gasteiger partial charge on any atom is -0.356 e. The number of pyridine rings is 2. The van der Waals surface area contributed by atoms with E-state index < -0.39 is 0 Å². The maximum atomic E-state index is 5.97. The Morgan fingerprint density at radius 2 is 1.84 bits per heavy atom. The lowest BCUT2D eigenvalue weighted by Gasteiger charge is -2.56. The van der Waals surface area contributed by atoms with Crippen molar-refractivity contribution in [2.24, 2.45) is 0 Å². The van der Waals surface area contributed by atoms with Gasteiger partial charge in [-0.15, -0.1) is 0 Å². The molecule has 9 heterocycles. The van der Waals surface area contributed by atoms with Crippen LogP contribution in [-0.4, -0.2) is 76.6 Å². The number of hydrogen-bond donors (Lipinski definition) is 1. The smallest absolute Gasteiger partial charge is 0.161 e. The molecule has 3 unspecified atom stereocenters. The fourth-order valence-corrected chi connectivity index (χ4v) is 6.99. The van der Waals surface area contributed by atoms with E-state index in [1.54, 1.807) is 0 Å². The van der Waals surface area contributed by atoms with Crippen molar-refractivity contribution in [2.45, 2.75) is 70.8 Å². The number of aromatic amines is 1. The molecule has 5 aromatic heterocycles. The molecule has 0 aliphatic carbocycles. The Morgan fingerprint density at radius 1 is 0.933 bits per heavy atom. The Balaban J connectivity index is 0.895. The van der Waals surface area contributed by atoms with Crippen LogP contribution in [0.2, 0.25) is 0 Å². The molecule has 0 saturated carbocycles. The Bertz CT molecular complexity index is 1760. The lowest BCUT2D eigenvalue weighted by atomic mass is 9.87. The third kappa shape index (κ3) is 5.73. The molecule has 11 nitrogen and oxygen atoms in total. The summed E-state index contributed by atoms with van der Waals surface area (Å²) in [6.45, 7) is 7.67. The van der Waals surface area contributed by atoms with E-state index in [0.29, 0.717) is 24.3 Å². The van der Waals surface area contributed by atoms with Crippen molar-refractivity contribution in [3.63, 3.8) is 0 Å². The molecule has 3 atom stereocenters. The Hall–Kier alpha value is -4.48. The van der Waals surface area contributed by atoms with Gasteiger partial charge in [0.2, 0.25) is 0 Å². The molecule has 9 rings (SSSR count). The number of fused-ring (bicyclic) bond motifs is 2. The van der Waals surface area contributed by atoms with Crippen molar-refractivity contribution in [1.29, 1.82) is 0 Å². The fourth-order valence-electron chi connectivity index (χ4n) is 6.99. The van der Waals surface area contributed by atoms with Crippen LogP contribution in [-0.2, 0) is 17.7 Å². The normalized spacial score (nSPS) is 21.6. The number of aryl methyl sites for hydroxylation is 2. The quantitative estimate of drug-likeness (QED) is 0.265. The standard InChI is InChI=1S/C34H38N10O/c1-22-13-26(15-27-14-23(2)40-41-27)39-34(38-22)25-7-9-32(36-18-25)42-20-28-16-29(21-42)43(28)19-24-6-8-30(35-17-24)31-10-11-37-44(31)33-5-3-4-12-45-33/h6-11,13-14,17-18,28-29,33H,3-5,12,15-16,19-21H2,1-2H3,(H,40,41). The van der Waals surface area contributed by atoms with Crippen LogP contribution < -0.4 is 4.90 Å². The van der Waals surface area contributed by atoms with E-state index in [4.69, 9.17) is 24.7 Å². The molecule has 0 spiro atoms. The van der Waals surface area contributed by atoms with Gasteiger partial charge in [0, 0.05) is 80.3 Å². The first-order valence-electron chi connectivity index (χ1n) is 16.0. The zero-order valence-corrected chi connectivity index (χ0v) is 25.8. The van der Waals surface area contributed by atoms with Gasteiger partial charge in [0.25, 0.3) is 0 Å². The molecular weight excluding hydrogens is 564 g/mol. The predicted molar refractivity (Wildman–Crippen MR) is 170 cm³/mol. The molecule has 0 aromatic carbocycles. The number of rotatable bonds is 8. The van der Waals surface area contributed by atoms with Crippen LogP contribution in [0.15, 0.2) is 61.1 Å². The van der Waals surface area contributed by atoms with Gasteiger partial charge in [0.05, 0.1) is 22.8 Å². The van der Waals surface area contributed by atoms with E-state index in [1.165, 1.54) is 18.4 Å². The van der Waals surface area contributed by atoms with Crippen molar-refractivity contribution in [3.05, 3.63) is 89.4 Å². The molecule has 1 N–H and O–H groups in total. The van der Waals surface area contributed by atoms with Gasteiger partial charge in [-0.1, -0.05) is 6.07 Å². The van der Waals surface area contributed by atoms with Crippen LogP contribution in [0.25, 0.3) is 22.8 Å². The van der Waals surface area contributed by atoms with Crippen LogP contribution >= 0.6 is 0 Å². The first kappa shape index (κ1) is 28.0. The minimum absolute atomic E-state index is 0.00501. The molecule has 4 aliphatic rings. The molecule has 2 bridgehead atoms. The van der Waals surface area contributed by atoms with Gasteiger partial charge in [-0.25, -0.2) is 19.6 Å². The number of piperazine rings is 1. The van der Waals surface area contributed by atoms with Gasteiger partial charge in [0.1, 0.15) is 5.82 Å². The topological polar surface area (TPSA) is 114 Å². The maximum absolute atomic E-state index is 5.97. The summed E-state index contributed by atoms with van der Waals surface area (Å²) in [5.74, 6) is 1.72. The Labute approximate surface area is 262 Å². The van der Waals surface area contributed by atoms with Gasteiger partial charge in [-0.05, 0) is 81.5 Å². The largest absolute Gasteiger partial charge is 0.356 e. The zero-order chi connectivity index (χ0) is 30.3. The molecule has 4 aliphatic heterocycles. The third-order valence-electron chi connectivity index (χ3n) is 9.25. The predicted octanol–water partition coefficient (Wildman–Crippen LogP) is 4.89. The lowest BCUT2D eigenvalue weighted by Crippen LogP contribution is -2.68. The number of aromatic nitrogens is 8. The van der Waals surface area contributed by atoms with E-state index in [1.807, 2.05) is 49.3 Å². The average molecular weight is 603 g/mol. The summed E-state index contributed by atoms with van der Waals surface area (Å²) >= 11 is 0. The van der Waals surface area contributed by atoms with Crippen molar-refractivity contribution < 1.29 is 4.74 Å². The minimum atomic E-state index is 0.00501. The number of nitrogens with one attached hydrogen (secondary N) is 1. The summed E-state index contributed by atoms with van der Waals surface area (Å²) in [5.41, 5.74) is 8.04. The molecule has 0 radical (unpaired) electrons. The van der Waals surface area contributed by atoms with Crippen molar-refractivity contribution in [3.8, 4) is 22.8 Å². The number of ether oxygens (including phenoxy) is 1. The second-order valence-corrected chi connectivity index (χ2v) is 12.6. The number of H-pyrrole nitrogens is 1. The highest BCUT2D eigenvalue weighted by molar-refractivity contribution is 5.57. The van der Waals surface area contributed by atoms with Crippen LogP contribution in [0.3, 0.4) is 0 Å². The SMILES string of the molecule is Cc1cc(Cc2cc(C)[nH]n2)nc(-c2ccc(N3CC4CC(C3)N4Cc3ccc(-c4ccnn4C4CCCCO4)nc3)nc2)n1. The molecule has 11 heteroatoms. The number of hydrogen-bond acceptors (Lipinski definition) is 9. The van der Waals surface area contributed by atoms with Gasteiger partial charge in [0.15, 0.2) is 12.1 Å². The van der Waals surface area contributed by atoms with E-state index in [2.05, 4.69) is 55.4 Å². The van der Waals surface area contributed by atoms with Gasteiger partial charge in [-0.3, -0.25) is 15.0 Å². The van der Waals surface area contributed by atoms with Gasteiger partial charge >= 0.3 is 0 Å². The maximum Gasteiger partial charge on any atom is 0.161 e. The van der Waals surface area contributed by atoms with Crippen LogP contribution in [0.1, 0.15) is 60.3 Å². The number of piperidine rings is 1. The molecule has 45 heavy (non-hydrogen) atoms. The summed E-state index contributed by atoms with van der Waals surface area (Å²) < 4.78 is 7.96. The summed E-state index contributed by atoms with van der Waals surface area (Å²) in [6.07, 6.45) is 11.0. The van der Waals surface area contributed by atoms with Crippen molar-refractivity contribution >= 4 is 5.82 Å². The van der Waals surface area contributed by atoms with E-state index in [-0.39, 0.29) is 6.23 Å². The molecule has 4 saturated heterocycles. The van der Waals surface area contributed by atoms with Gasteiger partial charge in [-0.2, -0.15) is 10.2 Å². The molecule has 4 fully saturated rings. The second kappa shape index (κ2) is 11.8. The van der Waals surface area contributed by atoms with E-state index in [9.17, 15) is 0 Å². The summed E-state index contributed by atoms with van der Waals surface area (Å²) in [5, 5.41) is 11.9. The molecule has 0 amide bonds. The third-order valence-corrected chi connectivity index (χ3v) is 9.25. The second-order valence-electron chi connectivity index (χ2n) is 12.6. The average Bonchev–Trinajstić information content (AvgIpc) is 3.73. The fraction of sp³-hybridized carbons (Fsp3) is 0.412. The van der Waals surface area contributed by atoms with Crippen LogP contribution in [0.4, 0.5) is 5.82 Å². The monoisotopic (exact) mass is 602 g/mol. The molecule has 230 valence electrons. The first-order chi connectivity index (χ1) is 22.1. The van der Waals surface area contributed by atoms with E-state index in [0.717, 1.165) is 84.6 Å². The molecule has 5 aromatic rings. The number of nitrogens with zero attached hydrogens (tertiary/aromatic N) is 9. The highest BCUT2D eigenvalue weighted by atomic mass is 16.5. The Kier molecular flexibility index (Phi) is 7.34. The lowest BCUT2D eigenvalue weighted by molar-refractivity contribution is -0.0384. The summed E-state index contributed by atoms with van der Waals surface area (Å²) in [7, 11) is 0. The highest BCUT2D eigenvalue weighted by Gasteiger charge is 2.44. The summed E-state index contributed by atoms with van der Waals surface area (Å²) in [4.78, 5) is 24.2.